The summed E-state index contributed by atoms with van der Waals surface area (Å²) in [5.74, 6) is -0.347. The Hall–Kier alpha value is -2.22. The summed E-state index contributed by atoms with van der Waals surface area (Å²) in [6, 6.07) is 15.9. The number of quaternary nitrogens is 1. The molecule has 0 radical (unpaired) electrons. The van der Waals surface area contributed by atoms with Crippen LogP contribution in [0, 0.1) is 0 Å². The molecule has 1 N–H and O–H groups in total. The molecule has 0 spiro atoms. The number of hydrogen-bond acceptors (Lipinski definition) is 4. The van der Waals surface area contributed by atoms with Crippen molar-refractivity contribution < 1.29 is 22.8 Å². The maximum Gasteiger partial charge on any atom is 0.337 e. The second kappa shape index (κ2) is 7.99. The van der Waals surface area contributed by atoms with E-state index >= 15 is 0 Å². The summed E-state index contributed by atoms with van der Waals surface area (Å²) in [6.07, 6.45) is 0. The van der Waals surface area contributed by atoms with E-state index in [2.05, 4.69) is 0 Å². The lowest BCUT2D eigenvalue weighted by Crippen LogP contribution is -3.13. The van der Waals surface area contributed by atoms with Crippen LogP contribution < -0.4 is 4.90 Å². The number of nitrogens with zero attached hydrogens (tertiary/aromatic N) is 1. The highest BCUT2D eigenvalue weighted by Gasteiger charge is 2.30. The second-order valence-electron chi connectivity index (χ2n) is 6.34. The number of rotatable bonds is 5. The average Bonchev–Trinajstić information content (AvgIpc) is 2.68. The number of esters is 1. The molecule has 3 rings (SSSR count). The Kier molecular flexibility index (Phi) is 5.70. The molecule has 1 saturated heterocycles. The van der Waals surface area contributed by atoms with Crippen LogP contribution in [0.1, 0.15) is 15.9 Å². The van der Waals surface area contributed by atoms with Crippen LogP contribution in [-0.2, 0) is 21.3 Å². The van der Waals surface area contributed by atoms with Crippen LogP contribution in [0.2, 0.25) is 0 Å². The minimum absolute atomic E-state index is 0.342. The second-order valence-corrected chi connectivity index (χ2v) is 8.27. The largest absolute Gasteiger partial charge is 0.465 e. The van der Waals surface area contributed by atoms with Crippen molar-refractivity contribution >= 4 is 16.0 Å². The lowest BCUT2D eigenvalue weighted by atomic mass is 10.1. The van der Waals surface area contributed by atoms with Gasteiger partial charge in [-0.05, 0) is 24.3 Å². The van der Waals surface area contributed by atoms with Crippen molar-refractivity contribution in [3.05, 3.63) is 65.7 Å². The third-order valence-corrected chi connectivity index (χ3v) is 6.53. The molecule has 2 aromatic carbocycles. The molecule has 138 valence electrons. The van der Waals surface area contributed by atoms with Crippen molar-refractivity contribution in [1.29, 1.82) is 0 Å². The van der Waals surface area contributed by atoms with E-state index in [4.69, 9.17) is 4.74 Å². The van der Waals surface area contributed by atoms with Gasteiger partial charge in [-0.25, -0.2) is 13.2 Å². The van der Waals surface area contributed by atoms with Crippen LogP contribution in [0.15, 0.2) is 59.5 Å². The third kappa shape index (κ3) is 4.12. The Morgan fingerprint density at radius 1 is 1.08 bits per heavy atom. The molecule has 0 atom stereocenters. The van der Waals surface area contributed by atoms with Crippen molar-refractivity contribution in [2.24, 2.45) is 0 Å². The third-order valence-electron chi connectivity index (χ3n) is 4.61. The first-order chi connectivity index (χ1) is 12.5. The molecule has 6 nitrogen and oxygen atoms in total. The Bertz CT molecular complexity index is 860. The van der Waals surface area contributed by atoms with Crippen LogP contribution in [0.3, 0.4) is 0 Å². The van der Waals surface area contributed by atoms with E-state index in [1.807, 2.05) is 24.3 Å². The lowest BCUT2D eigenvalue weighted by molar-refractivity contribution is -0.917. The summed E-state index contributed by atoms with van der Waals surface area (Å²) < 4.78 is 31.6. The molecule has 0 aliphatic carbocycles. The van der Waals surface area contributed by atoms with Crippen molar-refractivity contribution in [2.75, 3.05) is 33.3 Å². The molecular weight excluding hydrogens is 352 g/mol. The molecule has 1 heterocycles. The van der Waals surface area contributed by atoms with Crippen LogP contribution in [0.25, 0.3) is 0 Å². The summed E-state index contributed by atoms with van der Waals surface area (Å²) in [5, 5.41) is 0. The van der Waals surface area contributed by atoms with Gasteiger partial charge in [-0.3, -0.25) is 0 Å². The van der Waals surface area contributed by atoms with Crippen LogP contribution >= 0.6 is 0 Å². The predicted octanol–water partition coefficient (Wildman–Crippen LogP) is 0.563. The number of sulfonamides is 1. The van der Waals surface area contributed by atoms with Crippen molar-refractivity contribution in [3.63, 3.8) is 0 Å². The molecule has 7 heteroatoms. The topological polar surface area (TPSA) is 68.1 Å². The van der Waals surface area contributed by atoms with Gasteiger partial charge in [0.2, 0.25) is 10.0 Å². The summed E-state index contributed by atoms with van der Waals surface area (Å²) >= 11 is 0. The molecule has 1 aliphatic heterocycles. The van der Waals surface area contributed by atoms with E-state index in [1.165, 1.54) is 12.0 Å². The Morgan fingerprint density at radius 2 is 1.77 bits per heavy atom. The number of nitrogens with one attached hydrogen (secondary N) is 1. The van der Waals surface area contributed by atoms with E-state index in [-0.39, 0.29) is 5.97 Å². The predicted molar refractivity (Wildman–Crippen MR) is 97.4 cm³/mol. The highest BCUT2D eigenvalue weighted by Crippen LogP contribution is 2.15. The Morgan fingerprint density at radius 3 is 2.42 bits per heavy atom. The first kappa shape index (κ1) is 18.6. The van der Waals surface area contributed by atoms with Crippen LogP contribution in [0.4, 0.5) is 0 Å². The fraction of sp³-hybridized carbons (Fsp3) is 0.316. The number of carbonyl (C=O) groups is 1. The zero-order valence-electron chi connectivity index (χ0n) is 14.7. The SMILES string of the molecule is COC(=O)c1cccc(C[NH+]2CCN(S(=O)(=O)c3ccccc3)CC2)c1. The van der Waals surface area contributed by atoms with Gasteiger partial charge in [0.15, 0.2) is 0 Å². The molecule has 26 heavy (non-hydrogen) atoms. The van der Waals surface area contributed by atoms with Crippen molar-refractivity contribution in [1.82, 2.24) is 4.31 Å². The van der Waals surface area contributed by atoms with Gasteiger partial charge in [0.25, 0.3) is 0 Å². The summed E-state index contributed by atoms with van der Waals surface area (Å²) in [7, 11) is -2.05. The van der Waals surface area contributed by atoms with E-state index in [1.54, 1.807) is 34.6 Å². The van der Waals surface area contributed by atoms with Gasteiger partial charge in [-0.15, -0.1) is 0 Å². The van der Waals surface area contributed by atoms with Gasteiger partial charge in [-0.1, -0.05) is 30.3 Å². The first-order valence-electron chi connectivity index (χ1n) is 8.57. The summed E-state index contributed by atoms with van der Waals surface area (Å²) in [4.78, 5) is 13.3. The highest BCUT2D eigenvalue weighted by molar-refractivity contribution is 7.89. The minimum Gasteiger partial charge on any atom is -0.465 e. The quantitative estimate of drug-likeness (QED) is 0.776. The smallest absolute Gasteiger partial charge is 0.337 e. The fourth-order valence-electron chi connectivity index (χ4n) is 3.18. The molecule has 0 amide bonds. The van der Waals surface area contributed by atoms with Crippen LogP contribution in [-0.4, -0.2) is 52.0 Å². The number of carbonyl (C=O) groups excluding carboxylic acids is 1. The van der Waals surface area contributed by atoms with E-state index in [9.17, 15) is 13.2 Å². The number of benzene rings is 2. The molecule has 0 saturated carbocycles. The van der Waals surface area contributed by atoms with Gasteiger partial charge in [0, 0.05) is 5.56 Å². The zero-order valence-corrected chi connectivity index (χ0v) is 15.5. The Balaban J connectivity index is 1.62. The van der Waals surface area contributed by atoms with Gasteiger partial charge >= 0.3 is 5.97 Å². The summed E-state index contributed by atoms with van der Waals surface area (Å²) in [5.41, 5.74) is 1.58. The molecule has 1 aliphatic rings. The maximum absolute atomic E-state index is 12.7. The highest BCUT2D eigenvalue weighted by atomic mass is 32.2. The number of methoxy groups -OCH3 is 1. The molecule has 0 bridgehead atoms. The first-order valence-corrected chi connectivity index (χ1v) is 10.0. The molecular formula is C19H23N2O4S+. The summed E-state index contributed by atoms with van der Waals surface area (Å²) in [6.45, 7) is 3.19. The normalized spacial score (nSPS) is 16.3. The van der Waals surface area contributed by atoms with E-state index < -0.39 is 10.0 Å². The average molecular weight is 375 g/mol. The minimum atomic E-state index is -3.42. The van der Waals surface area contributed by atoms with Gasteiger partial charge in [-0.2, -0.15) is 4.31 Å². The van der Waals surface area contributed by atoms with E-state index in [0.29, 0.717) is 23.5 Å². The number of ether oxygens (including phenoxy) is 1. The van der Waals surface area contributed by atoms with Crippen molar-refractivity contribution in [3.8, 4) is 0 Å². The van der Waals surface area contributed by atoms with Crippen molar-refractivity contribution in [2.45, 2.75) is 11.4 Å². The molecule has 0 unspecified atom stereocenters. The Labute approximate surface area is 154 Å². The van der Waals surface area contributed by atoms with E-state index in [0.717, 1.165) is 25.2 Å². The molecule has 2 aromatic rings. The number of hydrogen-bond donors (Lipinski definition) is 1. The maximum atomic E-state index is 12.7. The zero-order chi connectivity index (χ0) is 18.6. The fourth-order valence-corrected chi connectivity index (χ4v) is 4.64. The number of piperazine rings is 1. The molecule has 1 fully saturated rings. The van der Waals surface area contributed by atoms with Crippen LogP contribution in [0.5, 0.6) is 0 Å². The monoisotopic (exact) mass is 375 g/mol. The lowest BCUT2D eigenvalue weighted by Gasteiger charge is -2.31. The van der Waals surface area contributed by atoms with Gasteiger partial charge in [0.1, 0.15) is 6.54 Å². The van der Waals surface area contributed by atoms with Gasteiger partial charge in [0.05, 0.1) is 43.7 Å². The van der Waals surface area contributed by atoms with Gasteiger partial charge < -0.3 is 9.64 Å². The standard InChI is InChI=1S/C19H22N2O4S/c1-25-19(22)17-7-5-6-16(14-17)15-20-10-12-21(13-11-20)26(23,24)18-8-3-2-4-9-18/h2-9,14H,10-13,15H2,1H3/p+1. The molecule has 0 aromatic heterocycles.